The first kappa shape index (κ1) is 19.4. The molecular weight excluding hydrogens is 380 g/mol. The number of hydrogen-bond donors (Lipinski definition) is 1. The van der Waals surface area contributed by atoms with Gasteiger partial charge in [-0.15, -0.1) is 11.8 Å². The smallest absolute Gasteiger partial charge is 0.323 e. The molecule has 1 saturated heterocycles. The van der Waals surface area contributed by atoms with Gasteiger partial charge in [0.15, 0.2) is 0 Å². The molecule has 0 radical (unpaired) electrons. The van der Waals surface area contributed by atoms with Gasteiger partial charge in [0.25, 0.3) is 0 Å². The molecule has 0 unspecified atom stereocenters. The fourth-order valence-electron chi connectivity index (χ4n) is 3.39. The average Bonchev–Trinajstić information content (AvgIpc) is 3.25. The lowest BCUT2D eigenvalue weighted by Gasteiger charge is -2.26. The van der Waals surface area contributed by atoms with Gasteiger partial charge >= 0.3 is 6.03 Å². The van der Waals surface area contributed by atoms with Crippen LogP contribution in [0.2, 0.25) is 0 Å². The molecule has 5 heteroatoms. The van der Waals surface area contributed by atoms with Crippen molar-refractivity contribution >= 4 is 23.5 Å². The van der Waals surface area contributed by atoms with Gasteiger partial charge < -0.3 is 15.0 Å². The van der Waals surface area contributed by atoms with Crippen LogP contribution in [0.5, 0.6) is 5.75 Å². The number of anilines is 1. The summed E-state index contributed by atoms with van der Waals surface area (Å²) in [5.74, 6) is 1.73. The monoisotopic (exact) mass is 404 g/mol. The van der Waals surface area contributed by atoms with Gasteiger partial charge in [-0.2, -0.15) is 0 Å². The minimum absolute atomic E-state index is 0.0639. The molecule has 1 fully saturated rings. The van der Waals surface area contributed by atoms with Crippen molar-refractivity contribution in [1.82, 2.24) is 4.90 Å². The number of nitrogens with zero attached hydrogens (tertiary/aromatic N) is 1. The van der Waals surface area contributed by atoms with Gasteiger partial charge in [-0.1, -0.05) is 66.7 Å². The molecular formula is C24H24N2O2S. The second-order valence-corrected chi connectivity index (χ2v) is 8.16. The molecule has 0 spiro atoms. The number of urea groups is 1. The fraction of sp³-hybridized carbons (Fsp3) is 0.208. The van der Waals surface area contributed by atoms with E-state index in [9.17, 15) is 4.79 Å². The first-order chi connectivity index (χ1) is 14.2. The topological polar surface area (TPSA) is 41.6 Å². The quantitative estimate of drug-likeness (QED) is 0.580. The summed E-state index contributed by atoms with van der Waals surface area (Å²) < 4.78 is 6.13. The van der Waals surface area contributed by atoms with E-state index in [1.807, 2.05) is 72.5 Å². The predicted molar refractivity (Wildman–Crippen MR) is 119 cm³/mol. The lowest BCUT2D eigenvalue weighted by molar-refractivity contribution is 0.213. The number of thioether (sulfide) groups is 1. The number of benzene rings is 3. The minimum Gasteiger partial charge on any atom is -0.489 e. The van der Waals surface area contributed by atoms with Gasteiger partial charge in [0.1, 0.15) is 17.7 Å². The van der Waals surface area contributed by atoms with Crippen LogP contribution < -0.4 is 10.1 Å². The second kappa shape index (κ2) is 9.05. The van der Waals surface area contributed by atoms with Crippen LogP contribution >= 0.6 is 11.8 Å². The van der Waals surface area contributed by atoms with E-state index in [1.54, 1.807) is 11.8 Å². The maximum atomic E-state index is 13.0. The maximum Gasteiger partial charge on any atom is 0.323 e. The Labute approximate surface area is 175 Å². The van der Waals surface area contributed by atoms with E-state index in [0.717, 1.165) is 33.9 Å². The van der Waals surface area contributed by atoms with Crippen molar-refractivity contribution in [3.8, 4) is 5.75 Å². The highest BCUT2D eigenvalue weighted by Gasteiger charge is 2.32. The van der Waals surface area contributed by atoms with Crippen LogP contribution in [0.25, 0.3) is 0 Å². The van der Waals surface area contributed by atoms with Crippen LogP contribution in [0.4, 0.5) is 10.5 Å². The molecule has 0 aromatic heterocycles. The molecule has 0 bridgehead atoms. The van der Waals surface area contributed by atoms with E-state index in [1.165, 1.54) is 0 Å². The molecule has 1 aliphatic rings. The van der Waals surface area contributed by atoms with Gasteiger partial charge in [0.2, 0.25) is 0 Å². The average molecular weight is 405 g/mol. The summed E-state index contributed by atoms with van der Waals surface area (Å²) in [6, 6.07) is 25.9. The van der Waals surface area contributed by atoms with E-state index in [0.29, 0.717) is 13.2 Å². The van der Waals surface area contributed by atoms with Crippen LogP contribution in [0.15, 0.2) is 78.9 Å². The number of para-hydroxylation sites is 2. The van der Waals surface area contributed by atoms with Gasteiger partial charge in [-0.3, -0.25) is 0 Å². The zero-order chi connectivity index (χ0) is 20.1. The standard InChI is InChI=1S/C24H24N2O2S/c1-18-9-5-7-13-21(18)25-24(27)26-15-16-29-23(26)20-12-6-8-14-22(20)28-17-19-10-3-2-4-11-19/h2-14,23H,15-17H2,1H3,(H,25,27)/t23-/m1/s1. The van der Waals surface area contributed by atoms with Gasteiger partial charge in [-0.05, 0) is 30.2 Å². The molecule has 3 aromatic rings. The Balaban J connectivity index is 1.51. The van der Waals surface area contributed by atoms with Crippen LogP contribution in [-0.2, 0) is 6.61 Å². The normalized spacial score (nSPS) is 15.9. The summed E-state index contributed by atoms with van der Waals surface area (Å²) in [6.45, 7) is 3.21. The number of ether oxygens (including phenoxy) is 1. The Morgan fingerprint density at radius 3 is 2.59 bits per heavy atom. The molecule has 148 valence electrons. The summed E-state index contributed by atoms with van der Waals surface area (Å²) in [4.78, 5) is 14.9. The molecule has 1 atom stereocenters. The van der Waals surface area contributed by atoms with Crippen LogP contribution in [0, 0.1) is 6.92 Å². The van der Waals surface area contributed by atoms with Gasteiger partial charge in [0.05, 0.1) is 0 Å². The van der Waals surface area contributed by atoms with Crippen LogP contribution in [0.1, 0.15) is 22.1 Å². The summed E-state index contributed by atoms with van der Waals surface area (Å²) >= 11 is 1.77. The van der Waals surface area contributed by atoms with Crippen molar-refractivity contribution in [2.75, 3.05) is 17.6 Å². The number of rotatable bonds is 5. The first-order valence-electron chi connectivity index (χ1n) is 9.73. The Hall–Kier alpha value is -2.92. The highest BCUT2D eigenvalue weighted by molar-refractivity contribution is 7.99. The molecule has 4 rings (SSSR count). The van der Waals surface area contributed by atoms with Crippen molar-refractivity contribution in [3.05, 3.63) is 95.6 Å². The third kappa shape index (κ3) is 4.57. The molecule has 3 aromatic carbocycles. The van der Waals surface area contributed by atoms with Crippen LogP contribution in [0.3, 0.4) is 0 Å². The second-order valence-electron chi connectivity index (χ2n) is 6.97. The SMILES string of the molecule is Cc1ccccc1NC(=O)N1CCS[C@@H]1c1ccccc1OCc1ccccc1. The third-order valence-corrected chi connectivity index (χ3v) is 6.20. The van der Waals surface area contributed by atoms with Gasteiger partial charge in [-0.25, -0.2) is 4.79 Å². The van der Waals surface area contributed by atoms with Crippen molar-refractivity contribution < 1.29 is 9.53 Å². The van der Waals surface area contributed by atoms with Crippen LogP contribution in [-0.4, -0.2) is 23.2 Å². The summed E-state index contributed by atoms with van der Waals surface area (Å²) in [5.41, 5.74) is 4.05. The summed E-state index contributed by atoms with van der Waals surface area (Å²) in [5, 5.41) is 3.00. The first-order valence-corrected chi connectivity index (χ1v) is 10.8. The van der Waals surface area contributed by atoms with E-state index < -0.39 is 0 Å². The number of aryl methyl sites for hydroxylation is 1. The number of carbonyl (C=O) groups is 1. The molecule has 0 saturated carbocycles. The van der Waals surface area contributed by atoms with Crippen molar-refractivity contribution in [1.29, 1.82) is 0 Å². The molecule has 0 aliphatic carbocycles. The molecule has 29 heavy (non-hydrogen) atoms. The van der Waals surface area contributed by atoms with E-state index >= 15 is 0 Å². The zero-order valence-electron chi connectivity index (χ0n) is 16.4. The number of carbonyl (C=O) groups excluding carboxylic acids is 1. The Morgan fingerprint density at radius 2 is 1.76 bits per heavy atom. The van der Waals surface area contributed by atoms with E-state index in [2.05, 4.69) is 23.5 Å². The highest BCUT2D eigenvalue weighted by atomic mass is 32.2. The Bertz CT molecular complexity index is 977. The Kier molecular flexibility index (Phi) is 6.06. The molecule has 2 amide bonds. The number of hydrogen-bond acceptors (Lipinski definition) is 3. The lowest BCUT2D eigenvalue weighted by Crippen LogP contribution is -2.34. The summed E-state index contributed by atoms with van der Waals surface area (Å²) in [6.07, 6.45) is 0. The molecule has 1 N–H and O–H groups in total. The molecule has 1 heterocycles. The van der Waals surface area contributed by atoms with E-state index in [-0.39, 0.29) is 11.4 Å². The number of nitrogens with one attached hydrogen (secondary N) is 1. The highest BCUT2D eigenvalue weighted by Crippen LogP contribution is 2.42. The lowest BCUT2D eigenvalue weighted by atomic mass is 10.1. The summed E-state index contributed by atoms with van der Waals surface area (Å²) in [7, 11) is 0. The molecule has 4 nitrogen and oxygen atoms in total. The van der Waals surface area contributed by atoms with Crippen molar-refractivity contribution in [2.45, 2.75) is 18.9 Å². The van der Waals surface area contributed by atoms with Crippen molar-refractivity contribution in [2.24, 2.45) is 0 Å². The number of amides is 2. The maximum absolute atomic E-state index is 13.0. The fourth-order valence-corrected chi connectivity index (χ4v) is 4.67. The zero-order valence-corrected chi connectivity index (χ0v) is 17.2. The van der Waals surface area contributed by atoms with Crippen molar-refractivity contribution in [3.63, 3.8) is 0 Å². The third-order valence-electron chi connectivity index (χ3n) is 4.96. The largest absolute Gasteiger partial charge is 0.489 e. The van der Waals surface area contributed by atoms with E-state index in [4.69, 9.17) is 4.74 Å². The van der Waals surface area contributed by atoms with Gasteiger partial charge in [0, 0.05) is 23.5 Å². The Morgan fingerprint density at radius 1 is 1.03 bits per heavy atom. The molecule has 1 aliphatic heterocycles. The predicted octanol–water partition coefficient (Wildman–Crippen LogP) is 5.85. The minimum atomic E-state index is -0.0767.